The average molecular weight is 455 g/mol. The molecule has 2 fully saturated rings. The predicted octanol–water partition coefficient (Wildman–Crippen LogP) is 4.08. The van der Waals surface area contributed by atoms with Crippen molar-refractivity contribution in [2.75, 3.05) is 25.0 Å². The highest BCUT2D eigenvalue weighted by atomic mass is 19.1. The number of nitrogens with zero attached hydrogens (tertiary/aromatic N) is 3. The highest BCUT2D eigenvalue weighted by Crippen LogP contribution is 2.34. The molecule has 1 heterocycles. The molecule has 2 amide bonds. The summed E-state index contributed by atoms with van der Waals surface area (Å²) >= 11 is 0. The maximum absolute atomic E-state index is 15.1. The minimum absolute atomic E-state index is 0.0975. The van der Waals surface area contributed by atoms with Crippen molar-refractivity contribution in [3.8, 4) is 11.1 Å². The maximum atomic E-state index is 15.1. The van der Waals surface area contributed by atoms with Gasteiger partial charge in [-0.05, 0) is 55.4 Å². The van der Waals surface area contributed by atoms with Gasteiger partial charge in [-0.25, -0.2) is 14.2 Å². The van der Waals surface area contributed by atoms with Crippen LogP contribution in [0, 0.1) is 30.4 Å². The van der Waals surface area contributed by atoms with Crippen LogP contribution in [0.25, 0.3) is 11.1 Å². The minimum Gasteiger partial charge on any atom is -0.342 e. The summed E-state index contributed by atoms with van der Waals surface area (Å²) in [5.41, 5.74) is 4.24. The lowest BCUT2D eigenvalue weighted by molar-refractivity contribution is -0.131. The van der Waals surface area contributed by atoms with Crippen molar-refractivity contribution in [2.24, 2.45) is 16.9 Å². The molecule has 1 N–H and O–H groups in total. The molecule has 0 spiro atoms. The number of aryl methyl sites for hydroxylation is 1. The summed E-state index contributed by atoms with van der Waals surface area (Å²) in [4.78, 5) is 26.4. The van der Waals surface area contributed by atoms with Gasteiger partial charge >= 0.3 is 0 Å². The number of carbonyl (C=O) groups excluding carboxylic acids is 2. The third-order valence-electron chi connectivity index (χ3n) is 6.37. The number of carbonyl (C=O) groups is 2. The van der Waals surface area contributed by atoms with E-state index in [1.54, 1.807) is 0 Å². The van der Waals surface area contributed by atoms with Gasteiger partial charge in [0.15, 0.2) is 11.6 Å². The van der Waals surface area contributed by atoms with Crippen LogP contribution in [0.4, 0.5) is 14.5 Å². The molecule has 6 nitrogen and oxygen atoms in total. The van der Waals surface area contributed by atoms with Crippen molar-refractivity contribution in [2.45, 2.75) is 32.6 Å². The first-order chi connectivity index (χ1) is 15.9. The summed E-state index contributed by atoms with van der Waals surface area (Å²) in [6, 6.07) is 10.0. The van der Waals surface area contributed by atoms with Crippen LogP contribution in [-0.2, 0) is 9.59 Å². The average Bonchev–Trinajstić information content (AvgIpc) is 3.54. The highest BCUT2D eigenvalue weighted by Gasteiger charge is 2.37. The fourth-order valence-electron chi connectivity index (χ4n) is 4.33. The number of rotatable bonds is 7. The number of amidine groups is 1. The number of likely N-dealkylation sites (tertiary alicyclic amines) is 1. The van der Waals surface area contributed by atoms with E-state index in [-0.39, 0.29) is 23.4 Å². The summed E-state index contributed by atoms with van der Waals surface area (Å²) in [6.45, 7) is 3.20. The molecule has 33 heavy (non-hydrogen) atoms. The molecule has 0 bridgehead atoms. The SMILES string of the molecule is Cc1ccc(-c2cc(F)c(N(C)/C(CC3CCN(C(=O)C4CC4)C3)=N\NC=O)c(F)c2)cc1. The van der Waals surface area contributed by atoms with Gasteiger partial charge in [-0.1, -0.05) is 29.8 Å². The Morgan fingerprint density at radius 2 is 1.82 bits per heavy atom. The zero-order valence-electron chi connectivity index (χ0n) is 18.9. The van der Waals surface area contributed by atoms with Crippen LogP contribution < -0.4 is 10.3 Å². The van der Waals surface area contributed by atoms with Gasteiger partial charge in [-0.15, -0.1) is 0 Å². The Hall–Kier alpha value is -3.29. The molecule has 2 aliphatic rings. The van der Waals surface area contributed by atoms with Crippen molar-refractivity contribution in [1.29, 1.82) is 0 Å². The predicted molar refractivity (Wildman–Crippen MR) is 124 cm³/mol. The topological polar surface area (TPSA) is 65.0 Å². The number of hydrogen-bond donors (Lipinski definition) is 1. The van der Waals surface area contributed by atoms with Gasteiger partial charge in [0.1, 0.15) is 11.5 Å². The van der Waals surface area contributed by atoms with Crippen LogP contribution in [0.2, 0.25) is 0 Å². The van der Waals surface area contributed by atoms with E-state index < -0.39 is 11.6 Å². The largest absolute Gasteiger partial charge is 0.342 e. The van der Waals surface area contributed by atoms with Gasteiger partial charge < -0.3 is 9.80 Å². The van der Waals surface area contributed by atoms with Crippen molar-refractivity contribution >= 4 is 23.8 Å². The first-order valence-corrected chi connectivity index (χ1v) is 11.2. The molecule has 1 saturated carbocycles. The Labute approximate surface area is 192 Å². The molecule has 1 aliphatic carbocycles. The van der Waals surface area contributed by atoms with E-state index in [0.29, 0.717) is 37.3 Å². The van der Waals surface area contributed by atoms with Crippen molar-refractivity contribution in [3.63, 3.8) is 0 Å². The summed E-state index contributed by atoms with van der Waals surface area (Å²) in [5, 5.41) is 4.06. The molecule has 1 atom stereocenters. The maximum Gasteiger partial charge on any atom is 0.227 e. The lowest BCUT2D eigenvalue weighted by atomic mass is 10.0. The normalized spacial score (nSPS) is 18.4. The van der Waals surface area contributed by atoms with Crippen LogP contribution in [0.3, 0.4) is 0 Å². The van der Waals surface area contributed by atoms with Gasteiger partial charge in [0.05, 0.1) is 0 Å². The molecule has 1 aliphatic heterocycles. The third-order valence-corrected chi connectivity index (χ3v) is 6.37. The number of amides is 2. The van der Waals surface area contributed by atoms with Crippen LogP contribution in [0.5, 0.6) is 0 Å². The van der Waals surface area contributed by atoms with E-state index in [1.165, 1.54) is 24.1 Å². The molecular weight excluding hydrogens is 426 g/mol. The van der Waals surface area contributed by atoms with Crippen molar-refractivity contribution in [3.05, 3.63) is 53.6 Å². The molecule has 4 rings (SSSR count). The highest BCUT2D eigenvalue weighted by molar-refractivity contribution is 5.98. The molecule has 2 aromatic carbocycles. The Morgan fingerprint density at radius 1 is 1.15 bits per heavy atom. The molecule has 8 heteroatoms. The molecule has 0 radical (unpaired) electrons. The molecule has 2 aromatic rings. The van der Waals surface area contributed by atoms with Gasteiger partial charge in [0.25, 0.3) is 0 Å². The van der Waals surface area contributed by atoms with E-state index >= 15 is 8.78 Å². The Bertz CT molecular complexity index is 1040. The van der Waals surface area contributed by atoms with Crippen LogP contribution in [-0.4, -0.2) is 43.2 Å². The number of nitrogens with one attached hydrogen (secondary N) is 1. The lowest BCUT2D eigenvalue weighted by Gasteiger charge is -2.25. The second-order valence-corrected chi connectivity index (χ2v) is 8.91. The number of benzene rings is 2. The van der Waals surface area contributed by atoms with E-state index in [2.05, 4.69) is 10.5 Å². The molecule has 1 unspecified atom stereocenters. The van der Waals surface area contributed by atoms with E-state index in [0.717, 1.165) is 30.4 Å². The summed E-state index contributed by atoms with van der Waals surface area (Å²) < 4.78 is 30.2. The number of anilines is 1. The smallest absolute Gasteiger partial charge is 0.227 e. The Balaban J connectivity index is 1.54. The molecule has 0 aromatic heterocycles. The van der Waals surface area contributed by atoms with Crippen molar-refractivity contribution < 1.29 is 18.4 Å². The van der Waals surface area contributed by atoms with Gasteiger partial charge in [-0.3, -0.25) is 9.59 Å². The van der Waals surface area contributed by atoms with Crippen LogP contribution in [0.15, 0.2) is 41.5 Å². The molecule has 174 valence electrons. The second-order valence-electron chi connectivity index (χ2n) is 8.91. The third kappa shape index (κ3) is 5.21. The first-order valence-electron chi connectivity index (χ1n) is 11.2. The number of halogens is 2. The van der Waals surface area contributed by atoms with E-state index in [1.807, 2.05) is 36.1 Å². The minimum atomic E-state index is -0.719. The fraction of sp³-hybridized carbons (Fsp3) is 0.400. The van der Waals surface area contributed by atoms with Gasteiger partial charge in [0.2, 0.25) is 12.3 Å². The van der Waals surface area contributed by atoms with Gasteiger partial charge in [-0.2, -0.15) is 5.10 Å². The summed E-state index contributed by atoms with van der Waals surface area (Å²) in [7, 11) is 1.53. The second kappa shape index (κ2) is 9.68. The monoisotopic (exact) mass is 454 g/mol. The van der Waals surface area contributed by atoms with Crippen LogP contribution in [0.1, 0.15) is 31.2 Å². The van der Waals surface area contributed by atoms with Gasteiger partial charge in [0, 0.05) is 32.5 Å². The standard InChI is InChI=1S/C25H28F2N4O2/c1-16-3-5-18(6-4-16)20-12-21(26)24(22(27)13-20)30(2)23(29-28-15-32)11-17-9-10-31(14-17)25(33)19-7-8-19/h3-6,12-13,15,17,19H,7-11,14H2,1-2H3,(H,28,32)/b29-23-. The zero-order chi connectivity index (χ0) is 23.5. The summed E-state index contributed by atoms with van der Waals surface area (Å²) in [5.74, 6) is -0.660. The molecule has 1 saturated heterocycles. The quantitative estimate of drug-likeness (QED) is 0.297. The van der Waals surface area contributed by atoms with E-state index in [4.69, 9.17) is 0 Å². The molecular formula is C25H28F2N4O2. The number of hydrogen-bond acceptors (Lipinski definition) is 3. The zero-order valence-corrected chi connectivity index (χ0v) is 18.9. The fourth-order valence-corrected chi connectivity index (χ4v) is 4.33. The Morgan fingerprint density at radius 3 is 2.42 bits per heavy atom. The first kappa shape index (κ1) is 22.9. The number of hydrazone groups is 1. The Kier molecular flexibility index (Phi) is 6.72. The van der Waals surface area contributed by atoms with E-state index in [9.17, 15) is 9.59 Å². The lowest BCUT2D eigenvalue weighted by Crippen LogP contribution is -2.34. The summed E-state index contributed by atoms with van der Waals surface area (Å²) in [6.07, 6.45) is 3.48. The van der Waals surface area contributed by atoms with Crippen LogP contribution >= 0.6 is 0 Å². The van der Waals surface area contributed by atoms with Crippen molar-refractivity contribution in [1.82, 2.24) is 10.3 Å².